The van der Waals surface area contributed by atoms with Crippen molar-refractivity contribution in [1.29, 1.82) is 0 Å². The predicted molar refractivity (Wildman–Crippen MR) is 82.1 cm³/mol. The Morgan fingerprint density at radius 3 is 2.00 bits per heavy atom. The van der Waals surface area contributed by atoms with Gasteiger partial charge in [0.25, 0.3) is 0 Å². The van der Waals surface area contributed by atoms with Crippen LogP contribution in [0.4, 0.5) is 0 Å². The summed E-state index contributed by atoms with van der Waals surface area (Å²) in [5.74, 6) is -1.02. The third kappa shape index (κ3) is 2.82. The van der Waals surface area contributed by atoms with Gasteiger partial charge in [-0.05, 0) is 23.3 Å². The SMILES string of the molecule is O=C(O)c1cccc(-c2ccc(-c3ccccc3)cc2)n1. The van der Waals surface area contributed by atoms with Crippen LogP contribution in [0.25, 0.3) is 22.4 Å². The van der Waals surface area contributed by atoms with Crippen LogP contribution in [-0.4, -0.2) is 16.1 Å². The Morgan fingerprint density at radius 1 is 0.714 bits per heavy atom. The number of pyridine rings is 1. The van der Waals surface area contributed by atoms with Crippen LogP contribution in [0.1, 0.15) is 10.5 Å². The highest BCUT2D eigenvalue weighted by Crippen LogP contribution is 2.23. The number of aromatic nitrogens is 1. The minimum absolute atomic E-state index is 0.0552. The summed E-state index contributed by atoms with van der Waals surface area (Å²) >= 11 is 0. The van der Waals surface area contributed by atoms with E-state index in [1.54, 1.807) is 6.07 Å². The number of carboxylic acids is 1. The smallest absolute Gasteiger partial charge is 0.354 e. The zero-order valence-corrected chi connectivity index (χ0v) is 11.2. The van der Waals surface area contributed by atoms with E-state index < -0.39 is 5.97 Å². The molecule has 0 saturated carbocycles. The van der Waals surface area contributed by atoms with Crippen LogP contribution in [0.15, 0.2) is 72.8 Å². The molecule has 0 bridgehead atoms. The standard InChI is InChI=1S/C18H13NO2/c20-18(21)17-8-4-7-16(19-17)15-11-9-14(10-12-15)13-5-2-1-3-6-13/h1-12H,(H,20,21). The summed E-state index contributed by atoms with van der Waals surface area (Å²) in [6.07, 6.45) is 0. The summed E-state index contributed by atoms with van der Waals surface area (Å²) in [6, 6.07) is 23.0. The first-order valence-corrected chi connectivity index (χ1v) is 6.60. The van der Waals surface area contributed by atoms with Gasteiger partial charge in [-0.1, -0.05) is 60.7 Å². The summed E-state index contributed by atoms with van der Waals surface area (Å²) in [5.41, 5.74) is 3.89. The van der Waals surface area contributed by atoms with E-state index in [2.05, 4.69) is 17.1 Å². The van der Waals surface area contributed by atoms with Crippen molar-refractivity contribution in [3.05, 3.63) is 78.5 Å². The van der Waals surface area contributed by atoms with Gasteiger partial charge in [0, 0.05) is 5.56 Å². The van der Waals surface area contributed by atoms with Crippen molar-refractivity contribution in [1.82, 2.24) is 4.98 Å². The lowest BCUT2D eigenvalue weighted by Crippen LogP contribution is -2.00. The largest absolute Gasteiger partial charge is 0.477 e. The van der Waals surface area contributed by atoms with Crippen molar-refractivity contribution in [2.75, 3.05) is 0 Å². The number of rotatable bonds is 3. The van der Waals surface area contributed by atoms with E-state index in [4.69, 9.17) is 5.11 Å². The number of benzene rings is 2. The summed E-state index contributed by atoms with van der Waals surface area (Å²) < 4.78 is 0. The van der Waals surface area contributed by atoms with E-state index in [-0.39, 0.29) is 5.69 Å². The van der Waals surface area contributed by atoms with Gasteiger partial charge in [-0.15, -0.1) is 0 Å². The van der Waals surface area contributed by atoms with E-state index in [0.29, 0.717) is 5.69 Å². The average Bonchev–Trinajstić information content (AvgIpc) is 2.56. The molecule has 0 spiro atoms. The summed E-state index contributed by atoms with van der Waals surface area (Å²) in [7, 11) is 0. The number of nitrogens with zero attached hydrogens (tertiary/aromatic N) is 1. The molecule has 0 amide bonds. The minimum Gasteiger partial charge on any atom is -0.477 e. The number of aromatic carboxylic acids is 1. The molecular weight excluding hydrogens is 262 g/mol. The predicted octanol–water partition coefficient (Wildman–Crippen LogP) is 4.11. The Bertz CT molecular complexity index is 765. The third-order valence-electron chi connectivity index (χ3n) is 3.26. The van der Waals surface area contributed by atoms with Crippen molar-refractivity contribution in [2.24, 2.45) is 0 Å². The highest BCUT2D eigenvalue weighted by molar-refractivity contribution is 5.86. The third-order valence-corrected chi connectivity index (χ3v) is 3.26. The van der Waals surface area contributed by atoms with Crippen molar-refractivity contribution in [3.8, 4) is 22.4 Å². The van der Waals surface area contributed by atoms with Crippen LogP contribution in [0, 0.1) is 0 Å². The molecule has 0 saturated heterocycles. The van der Waals surface area contributed by atoms with Crippen LogP contribution in [0.3, 0.4) is 0 Å². The molecule has 102 valence electrons. The van der Waals surface area contributed by atoms with Gasteiger partial charge in [0.15, 0.2) is 0 Å². The molecule has 1 N–H and O–H groups in total. The maximum atomic E-state index is 11.0. The average molecular weight is 275 g/mol. The van der Waals surface area contributed by atoms with Crippen LogP contribution >= 0.6 is 0 Å². The Morgan fingerprint density at radius 2 is 1.33 bits per heavy atom. The molecule has 3 nitrogen and oxygen atoms in total. The summed E-state index contributed by atoms with van der Waals surface area (Å²) in [4.78, 5) is 15.1. The van der Waals surface area contributed by atoms with Crippen LogP contribution < -0.4 is 0 Å². The zero-order valence-electron chi connectivity index (χ0n) is 11.2. The normalized spacial score (nSPS) is 10.3. The highest BCUT2D eigenvalue weighted by atomic mass is 16.4. The van der Waals surface area contributed by atoms with Crippen molar-refractivity contribution in [3.63, 3.8) is 0 Å². The first kappa shape index (κ1) is 13.1. The van der Waals surface area contributed by atoms with E-state index in [1.165, 1.54) is 6.07 Å². The van der Waals surface area contributed by atoms with E-state index in [9.17, 15) is 4.79 Å². The maximum Gasteiger partial charge on any atom is 0.354 e. The number of carboxylic acid groups (broad SMARTS) is 1. The molecule has 0 radical (unpaired) electrons. The van der Waals surface area contributed by atoms with Crippen molar-refractivity contribution in [2.45, 2.75) is 0 Å². The fourth-order valence-electron chi connectivity index (χ4n) is 2.18. The topological polar surface area (TPSA) is 50.2 Å². The van der Waals surface area contributed by atoms with Gasteiger partial charge in [-0.2, -0.15) is 0 Å². The quantitative estimate of drug-likeness (QED) is 0.782. The lowest BCUT2D eigenvalue weighted by molar-refractivity contribution is 0.0690. The van der Waals surface area contributed by atoms with Gasteiger partial charge in [-0.25, -0.2) is 9.78 Å². The molecule has 0 aliphatic carbocycles. The van der Waals surface area contributed by atoms with Gasteiger partial charge >= 0.3 is 5.97 Å². The fourth-order valence-corrected chi connectivity index (χ4v) is 2.18. The van der Waals surface area contributed by atoms with Crippen molar-refractivity contribution < 1.29 is 9.90 Å². The molecule has 1 aromatic heterocycles. The number of carbonyl (C=O) groups is 1. The molecule has 0 unspecified atom stereocenters. The Hall–Kier alpha value is -2.94. The second-order valence-corrected chi connectivity index (χ2v) is 4.66. The molecule has 3 heteroatoms. The minimum atomic E-state index is -1.02. The van der Waals surface area contributed by atoms with Gasteiger partial charge in [0.2, 0.25) is 0 Å². The molecule has 0 aliphatic rings. The Balaban J connectivity index is 1.94. The lowest BCUT2D eigenvalue weighted by atomic mass is 10.0. The van der Waals surface area contributed by atoms with Gasteiger partial charge < -0.3 is 5.11 Å². The molecule has 0 fully saturated rings. The second-order valence-electron chi connectivity index (χ2n) is 4.66. The maximum absolute atomic E-state index is 11.0. The highest BCUT2D eigenvalue weighted by Gasteiger charge is 2.06. The molecule has 21 heavy (non-hydrogen) atoms. The zero-order chi connectivity index (χ0) is 14.7. The molecular formula is C18H13NO2. The number of hydrogen-bond donors (Lipinski definition) is 1. The molecule has 0 atom stereocenters. The Kier molecular flexibility index (Phi) is 3.48. The summed E-state index contributed by atoms with van der Waals surface area (Å²) in [5, 5.41) is 8.99. The second kappa shape index (κ2) is 5.59. The van der Waals surface area contributed by atoms with Crippen molar-refractivity contribution >= 4 is 5.97 Å². The van der Waals surface area contributed by atoms with Crippen LogP contribution in [0.2, 0.25) is 0 Å². The first-order valence-electron chi connectivity index (χ1n) is 6.60. The molecule has 0 aliphatic heterocycles. The van der Waals surface area contributed by atoms with Gasteiger partial charge in [0.05, 0.1) is 5.69 Å². The first-order chi connectivity index (χ1) is 10.2. The fraction of sp³-hybridized carbons (Fsp3) is 0. The molecule has 3 aromatic rings. The lowest BCUT2D eigenvalue weighted by Gasteiger charge is -2.05. The Labute approximate surface area is 122 Å². The molecule has 3 rings (SSSR count). The van der Waals surface area contributed by atoms with E-state index >= 15 is 0 Å². The number of hydrogen-bond acceptors (Lipinski definition) is 2. The van der Waals surface area contributed by atoms with Crippen LogP contribution in [-0.2, 0) is 0 Å². The van der Waals surface area contributed by atoms with E-state index in [0.717, 1.165) is 16.7 Å². The van der Waals surface area contributed by atoms with E-state index in [1.807, 2.05) is 48.5 Å². The summed E-state index contributed by atoms with van der Waals surface area (Å²) in [6.45, 7) is 0. The van der Waals surface area contributed by atoms with Gasteiger partial charge in [-0.3, -0.25) is 0 Å². The monoisotopic (exact) mass is 275 g/mol. The van der Waals surface area contributed by atoms with Crippen LogP contribution in [0.5, 0.6) is 0 Å². The molecule has 2 aromatic carbocycles. The van der Waals surface area contributed by atoms with Gasteiger partial charge in [0.1, 0.15) is 5.69 Å². The molecule has 1 heterocycles.